The van der Waals surface area contributed by atoms with Crippen LogP contribution in [0, 0.1) is 5.41 Å². The van der Waals surface area contributed by atoms with Gasteiger partial charge in [0.25, 0.3) is 0 Å². The van der Waals surface area contributed by atoms with E-state index in [-0.39, 0.29) is 11.3 Å². The summed E-state index contributed by atoms with van der Waals surface area (Å²) in [6, 6.07) is 7.48. The molecule has 1 aliphatic rings. The van der Waals surface area contributed by atoms with Crippen molar-refractivity contribution in [2.24, 2.45) is 5.41 Å². The fourth-order valence-electron chi connectivity index (χ4n) is 1.50. The Balaban J connectivity index is 1.97. The van der Waals surface area contributed by atoms with Gasteiger partial charge < -0.3 is 10.1 Å². The van der Waals surface area contributed by atoms with E-state index >= 15 is 0 Å². The standard InChI is InChI=1S/C13H17NO2/c1-3-16-11-6-4-10(5-7-11)14-12(15)13(2)8-9-13/h4-7H,3,8-9H2,1-2H3,(H,14,15). The highest BCUT2D eigenvalue weighted by atomic mass is 16.5. The van der Waals surface area contributed by atoms with Gasteiger partial charge in [0, 0.05) is 11.1 Å². The Morgan fingerprint density at radius 3 is 2.50 bits per heavy atom. The minimum atomic E-state index is -0.126. The highest BCUT2D eigenvalue weighted by Gasteiger charge is 2.44. The molecule has 3 nitrogen and oxygen atoms in total. The van der Waals surface area contributed by atoms with Gasteiger partial charge in [0.1, 0.15) is 5.75 Å². The molecule has 0 spiro atoms. The molecule has 0 atom stereocenters. The van der Waals surface area contributed by atoms with Crippen molar-refractivity contribution < 1.29 is 9.53 Å². The number of hydrogen-bond acceptors (Lipinski definition) is 2. The van der Waals surface area contributed by atoms with Gasteiger partial charge in [-0.2, -0.15) is 0 Å². The molecular weight excluding hydrogens is 202 g/mol. The quantitative estimate of drug-likeness (QED) is 0.845. The number of nitrogens with one attached hydrogen (secondary N) is 1. The topological polar surface area (TPSA) is 38.3 Å². The summed E-state index contributed by atoms with van der Waals surface area (Å²) >= 11 is 0. The number of amides is 1. The molecule has 0 bridgehead atoms. The molecule has 1 amide bonds. The lowest BCUT2D eigenvalue weighted by Crippen LogP contribution is -2.21. The Hall–Kier alpha value is -1.51. The van der Waals surface area contributed by atoms with Crippen molar-refractivity contribution in [1.82, 2.24) is 0 Å². The Bertz CT molecular complexity index is 379. The van der Waals surface area contributed by atoms with E-state index < -0.39 is 0 Å². The van der Waals surface area contributed by atoms with Crippen molar-refractivity contribution in [3.8, 4) is 5.75 Å². The third kappa shape index (κ3) is 2.35. The zero-order valence-electron chi connectivity index (χ0n) is 9.75. The number of anilines is 1. The number of carbonyl (C=O) groups excluding carboxylic acids is 1. The van der Waals surface area contributed by atoms with E-state index in [4.69, 9.17) is 4.74 Å². The maximum Gasteiger partial charge on any atom is 0.230 e. The summed E-state index contributed by atoms with van der Waals surface area (Å²) in [7, 11) is 0. The van der Waals surface area contributed by atoms with Crippen LogP contribution in [0.5, 0.6) is 5.75 Å². The van der Waals surface area contributed by atoms with Crippen LogP contribution in [0.2, 0.25) is 0 Å². The van der Waals surface area contributed by atoms with Gasteiger partial charge in [-0.25, -0.2) is 0 Å². The van der Waals surface area contributed by atoms with Crippen LogP contribution in [-0.4, -0.2) is 12.5 Å². The summed E-state index contributed by atoms with van der Waals surface area (Å²) in [5.74, 6) is 0.954. The van der Waals surface area contributed by atoms with Crippen LogP contribution >= 0.6 is 0 Å². The van der Waals surface area contributed by atoms with Gasteiger partial charge in [-0.05, 0) is 44.0 Å². The molecule has 1 aromatic carbocycles. The Kier molecular flexibility index (Phi) is 2.86. The lowest BCUT2D eigenvalue weighted by Gasteiger charge is -2.10. The highest BCUT2D eigenvalue weighted by molar-refractivity contribution is 5.96. The molecule has 86 valence electrons. The maximum atomic E-state index is 11.8. The molecular formula is C13H17NO2. The average molecular weight is 219 g/mol. The van der Waals surface area contributed by atoms with Gasteiger partial charge in [-0.3, -0.25) is 4.79 Å². The van der Waals surface area contributed by atoms with Crippen LogP contribution in [0.4, 0.5) is 5.69 Å². The summed E-state index contributed by atoms with van der Waals surface area (Å²) in [6.07, 6.45) is 1.99. The summed E-state index contributed by atoms with van der Waals surface area (Å²) in [5.41, 5.74) is 0.708. The molecule has 0 aromatic heterocycles. The largest absolute Gasteiger partial charge is 0.494 e. The van der Waals surface area contributed by atoms with Crippen LogP contribution in [-0.2, 0) is 4.79 Å². The van der Waals surface area contributed by atoms with Crippen molar-refractivity contribution in [2.45, 2.75) is 26.7 Å². The normalized spacial score (nSPS) is 16.6. The maximum absolute atomic E-state index is 11.8. The number of carbonyl (C=O) groups is 1. The van der Waals surface area contributed by atoms with Gasteiger partial charge in [-0.1, -0.05) is 6.92 Å². The van der Waals surface area contributed by atoms with Crippen LogP contribution in [0.15, 0.2) is 24.3 Å². The predicted octanol–water partition coefficient (Wildman–Crippen LogP) is 2.82. The fraction of sp³-hybridized carbons (Fsp3) is 0.462. The SMILES string of the molecule is CCOc1ccc(NC(=O)C2(C)CC2)cc1. The molecule has 1 aliphatic carbocycles. The number of benzene rings is 1. The lowest BCUT2D eigenvalue weighted by atomic mass is 10.1. The van der Waals surface area contributed by atoms with Crippen LogP contribution < -0.4 is 10.1 Å². The molecule has 0 saturated heterocycles. The molecule has 0 aliphatic heterocycles. The van der Waals surface area contributed by atoms with Gasteiger partial charge in [0.15, 0.2) is 0 Å². The molecule has 1 saturated carbocycles. The first-order chi connectivity index (χ1) is 7.64. The predicted molar refractivity (Wildman–Crippen MR) is 63.6 cm³/mol. The highest BCUT2D eigenvalue weighted by Crippen LogP contribution is 2.45. The molecule has 1 fully saturated rings. The molecule has 3 heteroatoms. The molecule has 1 N–H and O–H groups in total. The summed E-state index contributed by atoms with van der Waals surface area (Å²) in [6.45, 7) is 4.60. The third-order valence-corrected chi connectivity index (χ3v) is 2.97. The first kappa shape index (κ1) is 11.0. The zero-order valence-corrected chi connectivity index (χ0v) is 9.75. The van der Waals surface area contributed by atoms with E-state index in [1.165, 1.54) is 0 Å². The fourth-order valence-corrected chi connectivity index (χ4v) is 1.50. The van der Waals surface area contributed by atoms with E-state index in [0.29, 0.717) is 6.61 Å². The van der Waals surface area contributed by atoms with Crippen LogP contribution in [0.25, 0.3) is 0 Å². The lowest BCUT2D eigenvalue weighted by molar-refractivity contribution is -0.120. The van der Waals surface area contributed by atoms with Crippen molar-refractivity contribution in [2.75, 3.05) is 11.9 Å². The molecule has 0 radical (unpaired) electrons. The van der Waals surface area contributed by atoms with Crippen molar-refractivity contribution in [1.29, 1.82) is 0 Å². The van der Waals surface area contributed by atoms with Crippen LogP contribution in [0.1, 0.15) is 26.7 Å². The number of hydrogen-bond donors (Lipinski definition) is 1. The first-order valence-corrected chi connectivity index (χ1v) is 5.68. The molecule has 1 aromatic rings. The second-order valence-electron chi connectivity index (χ2n) is 4.47. The van der Waals surface area contributed by atoms with E-state index in [1.54, 1.807) is 0 Å². The van der Waals surface area contributed by atoms with E-state index in [9.17, 15) is 4.79 Å². The van der Waals surface area contributed by atoms with Crippen molar-refractivity contribution in [3.63, 3.8) is 0 Å². The van der Waals surface area contributed by atoms with E-state index in [0.717, 1.165) is 24.3 Å². The van der Waals surface area contributed by atoms with Gasteiger partial charge in [-0.15, -0.1) is 0 Å². The molecule has 0 unspecified atom stereocenters. The molecule has 0 heterocycles. The van der Waals surface area contributed by atoms with Crippen molar-refractivity contribution in [3.05, 3.63) is 24.3 Å². The van der Waals surface area contributed by atoms with Gasteiger partial charge in [0.2, 0.25) is 5.91 Å². The van der Waals surface area contributed by atoms with E-state index in [2.05, 4.69) is 5.32 Å². The summed E-state index contributed by atoms with van der Waals surface area (Å²) in [5, 5.41) is 2.92. The number of ether oxygens (including phenoxy) is 1. The second-order valence-corrected chi connectivity index (χ2v) is 4.47. The minimum Gasteiger partial charge on any atom is -0.494 e. The second kappa shape index (κ2) is 4.16. The monoisotopic (exact) mass is 219 g/mol. The van der Waals surface area contributed by atoms with Crippen LogP contribution in [0.3, 0.4) is 0 Å². The Morgan fingerprint density at radius 1 is 1.38 bits per heavy atom. The molecule has 16 heavy (non-hydrogen) atoms. The Labute approximate surface area is 95.8 Å². The summed E-state index contributed by atoms with van der Waals surface area (Å²) < 4.78 is 5.33. The van der Waals surface area contributed by atoms with E-state index in [1.807, 2.05) is 38.1 Å². The Morgan fingerprint density at radius 2 is 2.00 bits per heavy atom. The smallest absolute Gasteiger partial charge is 0.230 e. The third-order valence-electron chi connectivity index (χ3n) is 2.97. The number of rotatable bonds is 4. The zero-order chi connectivity index (χ0) is 11.6. The average Bonchev–Trinajstić information content (AvgIpc) is 3.01. The van der Waals surface area contributed by atoms with Gasteiger partial charge >= 0.3 is 0 Å². The van der Waals surface area contributed by atoms with Gasteiger partial charge in [0.05, 0.1) is 6.61 Å². The summed E-state index contributed by atoms with van der Waals surface area (Å²) in [4.78, 5) is 11.8. The first-order valence-electron chi connectivity index (χ1n) is 5.68. The molecule has 2 rings (SSSR count). The minimum absolute atomic E-state index is 0.122. The van der Waals surface area contributed by atoms with Crippen molar-refractivity contribution >= 4 is 11.6 Å².